The van der Waals surface area contributed by atoms with E-state index in [0.29, 0.717) is 29.4 Å². The SMILES string of the molecule is CCCCN1CCCC1CNC(=O)c1ccc2c(c1)NC(=O)c1ccccc1S2. The van der Waals surface area contributed by atoms with Gasteiger partial charge in [-0.15, -0.1) is 0 Å². The van der Waals surface area contributed by atoms with Crippen molar-refractivity contribution in [3.63, 3.8) is 0 Å². The van der Waals surface area contributed by atoms with Crippen molar-refractivity contribution in [1.29, 1.82) is 0 Å². The second kappa shape index (κ2) is 9.01. The van der Waals surface area contributed by atoms with E-state index in [9.17, 15) is 9.59 Å². The number of unbranched alkanes of at least 4 members (excludes halogenated alkanes) is 1. The molecule has 2 heterocycles. The van der Waals surface area contributed by atoms with Crippen LogP contribution in [-0.2, 0) is 0 Å². The molecule has 2 aliphatic heterocycles. The molecule has 2 aliphatic rings. The monoisotopic (exact) mass is 409 g/mol. The van der Waals surface area contributed by atoms with Crippen LogP contribution in [0.25, 0.3) is 0 Å². The molecule has 1 unspecified atom stereocenters. The Morgan fingerprint density at radius 1 is 1.24 bits per heavy atom. The van der Waals surface area contributed by atoms with Gasteiger partial charge in [0.25, 0.3) is 11.8 Å². The molecule has 1 atom stereocenters. The number of benzene rings is 2. The van der Waals surface area contributed by atoms with Gasteiger partial charge in [-0.2, -0.15) is 0 Å². The van der Waals surface area contributed by atoms with E-state index in [4.69, 9.17) is 0 Å². The molecule has 5 nitrogen and oxygen atoms in total. The zero-order valence-corrected chi connectivity index (χ0v) is 17.6. The maximum absolute atomic E-state index is 12.7. The number of nitrogens with zero attached hydrogens (tertiary/aromatic N) is 1. The standard InChI is InChI=1S/C23H27N3O2S/c1-2-3-12-26-13-6-7-17(26)15-24-22(27)16-10-11-21-19(14-16)25-23(28)18-8-4-5-9-20(18)29-21/h4-5,8-11,14,17H,2-3,6-7,12-13,15H2,1H3,(H,24,27)(H,25,28). The number of carbonyl (C=O) groups excluding carboxylic acids is 2. The summed E-state index contributed by atoms with van der Waals surface area (Å²) in [5.74, 6) is -0.224. The maximum Gasteiger partial charge on any atom is 0.256 e. The first-order valence-electron chi connectivity index (χ1n) is 10.4. The van der Waals surface area contributed by atoms with Gasteiger partial charge in [0.15, 0.2) is 0 Å². The topological polar surface area (TPSA) is 61.4 Å². The number of carbonyl (C=O) groups is 2. The summed E-state index contributed by atoms with van der Waals surface area (Å²) in [6.07, 6.45) is 4.74. The van der Waals surface area contributed by atoms with Crippen molar-refractivity contribution in [1.82, 2.24) is 10.2 Å². The zero-order valence-electron chi connectivity index (χ0n) is 16.7. The summed E-state index contributed by atoms with van der Waals surface area (Å²) in [7, 11) is 0. The molecule has 0 radical (unpaired) electrons. The minimum atomic E-state index is -0.137. The van der Waals surface area contributed by atoms with Gasteiger partial charge in [-0.05, 0) is 62.7 Å². The molecule has 0 aliphatic carbocycles. The number of fused-ring (bicyclic) bond motifs is 2. The molecule has 29 heavy (non-hydrogen) atoms. The molecule has 0 aromatic heterocycles. The summed E-state index contributed by atoms with van der Waals surface area (Å²) >= 11 is 1.55. The van der Waals surface area contributed by atoms with Crippen molar-refractivity contribution < 1.29 is 9.59 Å². The number of anilines is 1. The average molecular weight is 410 g/mol. The molecule has 1 saturated heterocycles. The van der Waals surface area contributed by atoms with E-state index in [1.165, 1.54) is 19.3 Å². The summed E-state index contributed by atoms with van der Waals surface area (Å²) in [5, 5.41) is 6.05. The highest BCUT2D eigenvalue weighted by molar-refractivity contribution is 7.99. The Kier molecular flexibility index (Phi) is 6.21. The quantitative estimate of drug-likeness (QED) is 0.742. The van der Waals surface area contributed by atoms with Crippen LogP contribution >= 0.6 is 11.8 Å². The predicted molar refractivity (Wildman–Crippen MR) is 117 cm³/mol. The lowest BCUT2D eigenvalue weighted by atomic mass is 10.1. The van der Waals surface area contributed by atoms with Crippen LogP contribution in [0, 0.1) is 0 Å². The van der Waals surface area contributed by atoms with Gasteiger partial charge in [-0.1, -0.05) is 37.2 Å². The average Bonchev–Trinajstić information content (AvgIpc) is 3.13. The fourth-order valence-corrected chi connectivity index (χ4v) is 5.01. The number of nitrogens with one attached hydrogen (secondary N) is 2. The summed E-state index contributed by atoms with van der Waals surface area (Å²) in [6.45, 7) is 5.12. The van der Waals surface area contributed by atoms with E-state index >= 15 is 0 Å². The molecule has 4 rings (SSSR count). The Bertz CT molecular complexity index is 915. The highest BCUT2D eigenvalue weighted by atomic mass is 32.2. The molecule has 0 bridgehead atoms. The van der Waals surface area contributed by atoms with E-state index in [2.05, 4.69) is 22.5 Å². The molecule has 0 saturated carbocycles. The highest BCUT2D eigenvalue weighted by Crippen LogP contribution is 2.39. The largest absolute Gasteiger partial charge is 0.350 e. The van der Waals surface area contributed by atoms with Gasteiger partial charge >= 0.3 is 0 Å². The van der Waals surface area contributed by atoms with Crippen molar-refractivity contribution in [2.45, 2.75) is 48.4 Å². The third-order valence-electron chi connectivity index (χ3n) is 5.64. The lowest BCUT2D eigenvalue weighted by Gasteiger charge is -2.24. The van der Waals surface area contributed by atoms with Crippen LogP contribution in [0.1, 0.15) is 53.3 Å². The summed E-state index contributed by atoms with van der Waals surface area (Å²) in [5.41, 5.74) is 1.93. The summed E-state index contributed by atoms with van der Waals surface area (Å²) < 4.78 is 0. The minimum absolute atomic E-state index is 0.0869. The lowest BCUT2D eigenvalue weighted by Crippen LogP contribution is -2.40. The lowest BCUT2D eigenvalue weighted by molar-refractivity contribution is 0.0939. The van der Waals surface area contributed by atoms with Crippen LogP contribution in [0.4, 0.5) is 5.69 Å². The van der Waals surface area contributed by atoms with E-state index in [0.717, 1.165) is 29.3 Å². The number of hydrogen-bond donors (Lipinski definition) is 2. The van der Waals surface area contributed by atoms with Gasteiger partial charge in [0.05, 0.1) is 11.3 Å². The van der Waals surface area contributed by atoms with Crippen LogP contribution in [0.15, 0.2) is 52.3 Å². The summed E-state index contributed by atoms with van der Waals surface area (Å²) in [6, 6.07) is 13.5. The van der Waals surface area contributed by atoms with Gasteiger partial charge in [0, 0.05) is 27.9 Å². The van der Waals surface area contributed by atoms with Crippen LogP contribution in [0.5, 0.6) is 0 Å². The fourth-order valence-electron chi connectivity index (χ4n) is 4.00. The van der Waals surface area contributed by atoms with Crippen molar-refractivity contribution >= 4 is 29.3 Å². The second-order valence-corrected chi connectivity index (χ2v) is 8.74. The van der Waals surface area contributed by atoms with Crippen molar-refractivity contribution in [2.75, 3.05) is 25.0 Å². The first-order valence-corrected chi connectivity index (χ1v) is 11.2. The first kappa shape index (κ1) is 20.0. The van der Waals surface area contributed by atoms with Gasteiger partial charge in [-0.25, -0.2) is 0 Å². The third kappa shape index (κ3) is 4.49. The molecule has 152 valence electrons. The third-order valence-corrected chi connectivity index (χ3v) is 6.79. The van der Waals surface area contributed by atoms with E-state index < -0.39 is 0 Å². The van der Waals surface area contributed by atoms with Crippen LogP contribution in [0.3, 0.4) is 0 Å². The highest BCUT2D eigenvalue weighted by Gasteiger charge is 2.25. The molecule has 2 N–H and O–H groups in total. The maximum atomic E-state index is 12.7. The molecular weight excluding hydrogens is 382 g/mol. The number of amides is 2. The van der Waals surface area contributed by atoms with Crippen LogP contribution < -0.4 is 10.6 Å². The van der Waals surface area contributed by atoms with Gasteiger partial charge < -0.3 is 10.6 Å². The normalized spacial score (nSPS) is 18.5. The number of likely N-dealkylation sites (tertiary alicyclic amines) is 1. The molecule has 6 heteroatoms. The Morgan fingerprint density at radius 3 is 2.97 bits per heavy atom. The first-order chi connectivity index (χ1) is 14.2. The minimum Gasteiger partial charge on any atom is -0.350 e. The zero-order chi connectivity index (χ0) is 20.2. The van der Waals surface area contributed by atoms with Gasteiger partial charge in [0.2, 0.25) is 0 Å². The summed E-state index contributed by atoms with van der Waals surface area (Å²) in [4.78, 5) is 29.7. The van der Waals surface area contributed by atoms with Crippen LogP contribution in [0.2, 0.25) is 0 Å². The van der Waals surface area contributed by atoms with Gasteiger partial charge in [0.1, 0.15) is 0 Å². The molecule has 0 spiro atoms. The number of hydrogen-bond acceptors (Lipinski definition) is 4. The predicted octanol–water partition coefficient (Wildman–Crippen LogP) is 4.40. The van der Waals surface area contributed by atoms with Crippen molar-refractivity contribution in [2.24, 2.45) is 0 Å². The van der Waals surface area contributed by atoms with Crippen LogP contribution in [-0.4, -0.2) is 42.4 Å². The molecule has 1 fully saturated rings. The Labute approximate surface area is 176 Å². The number of rotatable bonds is 6. The fraction of sp³-hybridized carbons (Fsp3) is 0.391. The Hall–Kier alpha value is -2.31. The van der Waals surface area contributed by atoms with E-state index in [1.807, 2.05) is 36.4 Å². The molecule has 2 amide bonds. The molecule has 2 aromatic rings. The molecule has 2 aromatic carbocycles. The van der Waals surface area contributed by atoms with Crippen molar-refractivity contribution in [3.05, 3.63) is 53.6 Å². The molecular formula is C23H27N3O2S. The van der Waals surface area contributed by atoms with Crippen molar-refractivity contribution in [3.8, 4) is 0 Å². The Morgan fingerprint density at radius 2 is 2.10 bits per heavy atom. The Balaban J connectivity index is 1.43. The van der Waals surface area contributed by atoms with E-state index in [-0.39, 0.29) is 11.8 Å². The second-order valence-electron chi connectivity index (χ2n) is 7.66. The van der Waals surface area contributed by atoms with E-state index in [1.54, 1.807) is 17.8 Å². The van der Waals surface area contributed by atoms with Gasteiger partial charge in [-0.3, -0.25) is 14.5 Å². The smallest absolute Gasteiger partial charge is 0.256 e.